The van der Waals surface area contributed by atoms with Crippen LogP contribution in [0.5, 0.6) is 11.6 Å². The highest BCUT2D eigenvalue weighted by Crippen LogP contribution is 2.31. The molecule has 128 valence electrons. The van der Waals surface area contributed by atoms with Crippen LogP contribution in [0.4, 0.5) is 5.69 Å². The summed E-state index contributed by atoms with van der Waals surface area (Å²) < 4.78 is 7.47. The Balaban J connectivity index is 1.71. The molecule has 1 aliphatic heterocycles. The molecule has 3 rings (SSSR count). The third-order valence-corrected chi connectivity index (χ3v) is 4.84. The van der Waals surface area contributed by atoms with Crippen LogP contribution in [0.2, 0.25) is 0 Å². The summed E-state index contributed by atoms with van der Waals surface area (Å²) in [7, 11) is 1.79. The van der Waals surface area contributed by atoms with Gasteiger partial charge in [-0.3, -0.25) is 9.78 Å². The van der Waals surface area contributed by atoms with E-state index in [0.29, 0.717) is 23.7 Å². The van der Waals surface area contributed by atoms with Gasteiger partial charge in [-0.1, -0.05) is 0 Å². The molecular weight excluding hydrogens is 326 g/mol. The summed E-state index contributed by atoms with van der Waals surface area (Å²) in [6.07, 6.45) is 3.74. The minimum Gasteiger partial charge on any atom is -0.436 e. The molecule has 1 atom stereocenters. The van der Waals surface area contributed by atoms with E-state index in [-0.39, 0.29) is 11.9 Å². The summed E-state index contributed by atoms with van der Waals surface area (Å²) in [6.45, 7) is 2.80. The highest BCUT2D eigenvalue weighted by molar-refractivity contribution is 7.99. The summed E-state index contributed by atoms with van der Waals surface area (Å²) in [5.74, 6) is 3.12. The number of hydrogen-bond donors (Lipinski definition) is 2. The van der Waals surface area contributed by atoms with E-state index in [1.165, 1.54) is 0 Å². The summed E-state index contributed by atoms with van der Waals surface area (Å²) in [5.41, 5.74) is 1.32. The molecule has 7 nitrogen and oxygen atoms in total. The van der Waals surface area contributed by atoms with Gasteiger partial charge in [-0.25, -0.2) is 4.68 Å². The zero-order valence-corrected chi connectivity index (χ0v) is 14.6. The lowest BCUT2D eigenvalue weighted by atomic mass is 10.2. The van der Waals surface area contributed by atoms with Gasteiger partial charge < -0.3 is 15.4 Å². The first-order valence-electron chi connectivity index (χ1n) is 7.86. The van der Waals surface area contributed by atoms with E-state index in [0.717, 1.165) is 23.7 Å². The molecule has 0 aliphatic carbocycles. The van der Waals surface area contributed by atoms with Gasteiger partial charge in [0.1, 0.15) is 11.4 Å². The molecule has 0 aromatic carbocycles. The maximum absolute atomic E-state index is 12.4. The number of rotatable bonds is 5. The highest BCUT2D eigenvalue weighted by atomic mass is 32.2. The molecule has 24 heavy (non-hydrogen) atoms. The van der Waals surface area contributed by atoms with Crippen LogP contribution in [0.25, 0.3) is 0 Å². The zero-order chi connectivity index (χ0) is 16.9. The van der Waals surface area contributed by atoms with Crippen LogP contribution < -0.4 is 15.4 Å². The second-order valence-electron chi connectivity index (χ2n) is 5.66. The second kappa shape index (κ2) is 7.67. The molecule has 1 fully saturated rings. The van der Waals surface area contributed by atoms with Crippen molar-refractivity contribution < 1.29 is 9.53 Å². The minimum absolute atomic E-state index is 0.0397. The Labute approximate surface area is 145 Å². The van der Waals surface area contributed by atoms with Crippen LogP contribution >= 0.6 is 11.8 Å². The van der Waals surface area contributed by atoms with E-state index in [4.69, 9.17) is 4.74 Å². The SMILES string of the molecule is Cc1nn(C)c(Oc2cccnc2)c1NC(=O)CC1CSCCN1. The lowest BCUT2D eigenvalue weighted by molar-refractivity contribution is -0.116. The molecule has 1 amide bonds. The van der Waals surface area contributed by atoms with Gasteiger partial charge >= 0.3 is 0 Å². The van der Waals surface area contributed by atoms with Crippen molar-refractivity contribution in [2.24, 2.45) is 7.05 Å². The lowest BCUT2D eigenvalue weighted by Gasteiger charge is -2.22. The summed E-state index contributed by atoms with van der Waals surface area (Å²) in [6, 6.07) is 3.82. The Hall–Kier alpha value is -2.06. The number of aromatic nitrogens is 3. The fraction of sp³-hybridized carbons (Fsp3) is 0.438. The number of thioether (sulfide) groups is 1. The van der Waals surface area contributed by atoms with Gasteiger partial charge in [-0.2, -0.15) is 16.9 Å². The normalized spacial score (nSPS) is 17.5. The second-order valence-corrected chi connectivity index (χ2v) is 6.81. The van der Waals surface area contributed by atoms with E-state index >= 15 is 0 Å². The number of nitrogens with zero attached hydrogens (tertiary/aromatic N) is 3. The van der Waals surface area contributed by atoms with Crippen molar-refractivity contribution in [1.82, 2.24) is 20.1 Å². The maximum Gasteiger partial charge on any atom is 0.241 e. The maximum atomic E-state index is 12.4. The van der Waals surface area contributed by atoms with E-state index in [9.17, 15) is 4.79 Å². The monoisotopic (exact) mass is 347 g/mol. The zero-order valence-electron chi connectivity index (χ0n) is 13.8. The standard InChI is InChI=1S/C16H21N5O2S/c1-11-15(19-14(22)8-12-10-24-7-6-18-12)16(21(2)20-11)23-13-4-3-5-17-9-13/h3-5,9,12,18H,6-8,10H2,1-2H3,(H,19,22). The van der Waals surface area contributed by atoms with Crippen molar-refractivity contribution in [2.45, 2.75) is 19.4 Å². The Kier molecular flexibility index (Phi) is 5.37. The smallest absolute Gasteiger partial charge is 0.241 e. The first-order valence-corrected chi connectivity index (χ1v) is 9.01. The number of amides is 1. The summed E-state index contributed by atoms with van der Waals surface area (Å²) >= 11 is 1.87. The summed E-state index contributed by atoms with van der Waals surface area (Å²) in [5, 5.41) is 10.7. The number of carbonyl (C=O) groups is 1. The first-order chi connectivity index (χ1) is 11.6. The van der Waals surface area contributed by atoms with Crippen LogP contribution in [-0.2, 0) is 11.8 Å². The van der Waals surface area contributed by atoms with Crippen LogP contribution in [0.3, 0.4) is 0 Å². The Bertz CT molecular complexity index is 698. The molecule has 1 unspecified atom stereocenters. The van der Waals surface area contributed by atoms with Crippen molar-refractivity contribution in [3.63, 3.8) is 0 Å². The third-order valence-electron chi connectivity index (χ3n) is 3.71. The number of carbonyl (C=O) groups excluding carboxylic acids is 1. The molecule has 1 aliphatic rings. The van der Waals surface area contributed by atoms with Crippen molar-refractivity contribution in [3.05, 3.63) is 30.2 Å². The molecule has 2 N–H and O–H groups in total. The van der Waals surface area contributed by atoms with Crippen molar-refractivity contribution in [2.75, 3.05) is 23.4 Å². The largest absolute Gasteiger partial charge is 0.436 e. The number of anilines is 1. The van der Waals surface area contributed by atoms with Crippen molar-refractivity contribution >= 4 is 23.4 Å². The van der Waals surface area contributed by atoms with E-state index in [2.05, 4.69) is 20.7 Å². The number of aryl methyl sites for hydroxylation is 2. The minimum atomic E-state index is -0.0397. The molecule has 0 spiro atoms. The number of nitrogens with one attached hydrogen (secondary N) is 2. The van der Waals surface area contributed by atoms with Gasteiger partial charge in [0.25, 0.3) is 0 Å². The van der Waals surface area contributed by atoms with Gasteiger partial charge in [0.05, 0.1) is 11.9 Å². The molecule has 2 aromatic rings. The molecule has 0 bridgehead atoms. The fourth-order valence-corrected chi connectivity index (χ4v) is 3.53. The Morgan fingerprint density at radius 1 is 1.58 bits per heavy atom. The van der Waals surface area contributed by atoms with Crippen LogP contribution in [0.15, 0.2) is 24.5 Å². The molecule has 0 saturated carbocycles. The average Bonchev–Trinajstić information content (AvgIpc) is 2.84. The van der Waals surface area contributed by atoms with Crippen LogP contribution in [0.1, 0.15) is 12.1 Å². The predicted molar refractivity (Wildman–Crippen MR) is 94.6 cm³/mol. The number of ether oxygens (including phenoxy) is 1. The van der Waals surface area contributed by atoms with E-state index < -0.39 is 0 Å². The first kappa shape index (κ1) is 16.8. The molecule has 3 heterocycles. The predicted octanol–water partition coefficient (Wildman–Crippen LogP) is 1.95. The molecule has 0 radical (unpaired) electrons. The van der Waals surface area contributed by atoms with E-state index in [1.54, 1.807) is 30.2 Å². The Morgan fingerprint density at radius 2 is 2.46 bits per heavy atom. The van der Waals surface area contributed by atoms with Gasteiger partial charge in [0.15, 0.2) is 0 Å². The lowest BCUT2D eigenvalue weighted by Crippen LogP contribution is -2.39. The third kappa shape index (κ3) is 4.07. The molecule has 1 saturated heterocycles. The molecule has 2 aromatic heterocycles. The molecule has 8 heteroatoms. The van der Waals surface area contributed by atoms with Gasteiger partial charge in [0, 0.05) is 43.8 Å². The van der Waals surface area contributed by atoms with Gasteiger partial charge in [-0.15, -0.1) is 0 Å². The fourth-order valence-electron chi connectivity index (χ4n) is 2.58. The number of pyridine rings is 1. The van der Waals surface area contributed by atoms with E-state index in [1.807, 2.05) is 24.8 Å². The summed E-state index contributed by atoms with van der Waals surface area (Å²) in [4.78, 5) is 16.4. The molecular formula is C16H21N5O2S. The topological polar surface area (TPSA) is 81.1 Å². The van der Waals surface area contributed by atoms with Crippen LogP contribution in [0, 0.1) is 6.92 Å². The van der Waals surface area contributed by atoms with Crippen molar-refractivity contribution in [3.8, 4) is 11.6 Å². The van der Waals surface area contributed by atoms with Gasteiger partial charge in [-0.05, 0) is 19.1 Å². The Morgan fingerprint density at radius 3 is 3.17 bits per heavy atom. The van der Waals surface area contributed by atoms with Gasteiger partial charge in [0.2, 0.25) is 11.8 Å². The quantitative estimate of drug-likeness (QED) is 0.860. The average molecular weight is 347 g/mol. The number of hydrogen-bond acceptors (Lipinski definition) is 6. The van der Waals surface area contributed by atoms with Crippen LogP contribution in [-0.4, -0.2) is 44.8 Å². The highest BCUT2D eigenvalue weighted by Gasteiger charge is 2.21. The van der Waals surface area contributed by atoms with Crippen molar-refractivity contribution in [1.29, 1.82) is 0 Å².